The molecule has 4 rings (SSSR count). The SMILES string of the molecule is CCc1ccc(CNC(=O)c2cccc3c(-c4cncs4)nn(C)c23)cc1. The van der Waals surface area contributed by atoms with Crippen LogP contribution in [0.1, 0.15) is 28.4 Å². The van der Waals surface area contributed by atoms with Crippen LogP contribution in [0.3, 0.4) is 0 Å². The third-order valence-electron chi connectivity index (χ3n) is 4.66. The molecule has 6 heteroatoms. The maximum atomic E-state index is 12.8. The Hall–Kier alpha value is -2.99. The lowest BCUT2D eigenvalue weighted by Crippen LogP contribution is -2.23. The lowest BCUT2D eigenvalue weighted by Gasteiger charge is -2.08. The third kappa shape index (κ3) is 3.36. The number of rotatable bonds is 5. The van der Waals surface area contributed by atoms with Crippen LogP contribution in [-0.4, -0.2) is 20.7 Å². The predicted octanol–water partition coefficient (Wildman–Crippen LogP) is 4.19. The Morgan fingerprint density at radius 3 is 2.63 bits per heavy atom. The Kier molecular flexibility index (Phi) is 4.73. The normalized spacial score (nSPS) is 11.0. The standard InChI is InChI=1S/C21H20N4OS/c1-3-14-7-9-15(10-8-14)11-23-21(26)17-6-4-5-16-19(18-12-22-13-27-18)24-25(2)20(16)17/h4-10,12-13H,3,11H2,1-2H3,(H,23,26). The summed E-state index contributed by atoms with van der Waals surface area (Å²) < 4.78 is 1.77. The number of benzene rings is 2. The first kappa shape index (κ1) is 17.4. The van der Waals surface area contributed by atoms with E-state index in [0.29, 0.717) is 12.1 Å². The minimum atomic E-state index is -0.0981. The van der Waals surface area contributed by atoms with Gasteiger partial charge in [-0.3, -0.25) is 14.5 Å². The molecule has 0 spiro atoms. The highest BCUT2D eigenvalue weighted by molar-refractivity contribution is 7.13. The molecule has 0 saturated carbocycles. The molecule has 5 nitrogen and oxygen atoms in total. The summed E-state index contributed by atoms with van der Waals surface area (Å²) in [5.74, 6) is -0.0981. The summed E-state index contributed by atoms with van der Waals surface area (Å²) in [7, 11) is 1.87. The van der Waals surface area contributed by atoms with Crippen LogP contribution in [0.5, 0.6) is 0 Å². The van der Waals surface area contributed by atoms with Crippen LogP contribution in [0.25, 0.3) is 21.5 Å². The van der Waals surface area contributed by atoms with E-state index in [1.165, 1.54) is 5.56 Å². The average molecular weight is 376 g/mol. The van der Waals surface area contributed by atoms with Crippen LogP contribution < -0.4 is 5.32 Å². The molecule has 27 heavy (non-hydrogen) atoms. The minimum absolute atomic E-state index is 0.0981. The summed E-state index contributed by atoms with van der Waals surface area (Å²) in [5, 5.41) is 8.61. The number of hydrogen-bond donors (Lipinski definition) is 1. The van der Waals surface area contributed by atoms with E-state index in [4.69, 9.17) is 0 Å². The number of carbonyl (C=O) groups is 1. The highest BCUT2D eigenvalue weighted by atomic mass is 32.1. The van der Waals surface area contributed by atoms with Crippen LogP contribution in [0.2, 0.25) is 0 Å². The second-order valence-corrected chi connectivity index (χ2v) is 7.28. The lowest BCUT2D eigenvalue weighted by molar-refractivity contribution is 0.0952. The number of amides is 1. The molecule has 0 aliphatic heterocycles. The molecule has 1 N–H and O–H groups in total. The number of thiazole rings is 1. The van der Waals surface area contributed by atoms with E-state index in [-0.39, 0.29) is 5.91 Å². The van der Waals surface area contributed by atoms with Crippen LogP contribution in [-0.2, 0) is 20.0 Å². The molecule has 0 unspecified atom stereocenters. The molecule has 0 aliphatic rings. The van der Waals surface area contributed by atoms with Crippen LogP contribution in [0.4, 0.5) is 0 Å². The van der Waals surface area contributed by atoms with E-state index in [0.717, 1.165) is 33.5 Å². The van der Waals surface area contributed by atoms with Gasteiger partial charge < -0.3 is 5.32 Å². The number of nitrogens with one attached hydrogen (secondary N) is 1. The number of aromatic nitrogens is 3. The average Bonchev–Trinajstić information content (AvgIpc) is 3.34. The zero-order chi connectivity index (χ0) is 18.8. The van der Waals surface area contributed by atoms with Crippen LogP contribution in [0, 0.1) is 0 Å². The summed E-state index contributed by atoms with van der Waals surface area (Å²) in [5.41, 5.74) is 6.49. The molecular formula is C21H20N4OS. The smallest absolute Gasteiger partial charge is 0.253 e. The van der Waals surface area contributed by atoms with Gasteiger partial charge in [0.15, 0.2) is 0 Å². The quantitative estimate of drug-likeness (QED) is 0.568. The Balaban J connectivity index is 1.62. The first-order valence-corrected chi connectivity index (χ1v) is 9.76. The minimum Gasteiger partial charge on any atom is -0.348 e. The molecule has 4 aromatic rings. The van der Waals surface area contributed by atoms with Gasteiger partial charge in [-0.25, -0.2) is 0 Å². The molecule has 2 aromatic heterocycles. The molecule has 1 amide bonds. The molecular weight excluding hydrogens is 356 g/mol. The van der Waals surface area contributed by atoms with E-state index in [2.05, 4.69) is 46.6 Å². The summed E-state index contributed by atoms with van der Waals surface area (Å²) in [4.78, 5) is 18.0. The first-order valence-electron chi connectivity index (χ1n) is 8.88. The van der Waals surface area contributed by atoms with Crippen molar-refractivity contribution in [2.75, 3.05) is 0 Å². The zero-order valence-corrected chi connectivity index (χ0v) is 16.1. The fourth-order valence-electron chi connectivity index (χ4n) is 3.21. The highest BCUT2D eigenvalue weighted by Gasteiger charge is 2.18. The van der Waals surface area contributed by atoms with Crippen LogP contribution in [0.15, 0.2) is 54.2 Å². The van der Waals surface area contributed by atoms with E-state index < -0.39 is 0 Å². The van der Waals surface area contributed by atoms with Crippen molar-refractivity contribution in [3.05, 3.63) is 70.9 Å². The second-order valence-electron chi connectivity index (χ2n) is 6.39. The zero-order valence-electron chi connectivity index (χ0n) is 15.3. The molecule has 0 saturated heterocycles. The predicted molar refractivity (Wildman–Crippen MR) is 109 cm³/mol. The van der Waals surface area contributed by atoms with Gasteiger partial charge in [-0.15, -0.1) is 11.3 Å². The van der Waals surface area contributed by atoms with E-state index in [9.17, 15) is 4.79 Å². The molecule has 0 atom stereocenters. The van der Waals surface area contributed by atoms with Gasteiger partial charge in [-0.2, -0.15) is 5.10 Å². The second kappa shape index (κ2) is 7.32. The summed E-state index contributed by atoms with van der Waals surface area (Å²) in [6.07, 6.45) is 2.82. The summed E-state index contributed by atoms with van der Waals surface area (Å²) in [6.45, 7) is 2.63. The van der Waals surface area contributed by atoms with Crippen molar-refractivity contribution in [1.29, 1.82) is 0 Å². The Bertz CT molecular complexity index is 1080. The molecule has 0 aliphatic carbocycles. The number of aryl methyl sites for hydroxylation is 2. The van der Waals surface area contributed by atoms with Crippen molar-refractivity contribution in [3.8, 4) is 10.6 Å². The maximum Gasteiger partial charge on any atom is 0.253 e. The molecule has 0 bridgehead atoms. The highest BCUT2D eigenvalue weighted by Crippen LogP contribution is 2.31. The third-order valence-corrected chi connectivity index (χ3v) is 5.44. The van der Waals surface area contributed by atoms with Crippen molar-refractivity contribution in [2.24, 2.45) is 7.05 Å². The van der Waals surface area contributed by atoms with E-state index in [1.54, 1.807) is 27.7 Å². The number of carbonyl (C=O) groups excluding carboxylic acids is 1. The summed E-state index contributed by atoms with van der Waals surface area (Å²) in [6, 6.07) is 14.1. The van der Waals surface area contributed by atoms with Gasteiger partial charge in [0.2, 0.25) is 0 Å². The van der Waals surface area contributed by atoms with Gasteiger partial charge in [-0.1, -0.05) is 43.3 Å². The van der Waals surface area contributed by atoms with Gasteiger partial charge in [-0.05, 0) is 23.6 Å². The van der Waals surface area contributed by atoms with Gasteiger partial charge in [0.05, 0.1) is 21.5 Å². The van der Waals surface area contributed by atoms with Crippen molar-refractivity contribution in [2.45, 2.75) is 19.9 Å². The molecule has 2 aromatic carbocycles. The van der Waals surface area contributed by atoms with Crippen LogP contribution >= 0.6 is 11.3 Å². The van der Waals surface area contributed by atoms with E-state index in [1.807, 2.05) is 25.2 Å². The Labute approximate surface area is 161 Å². The van der Waals surface area contributed by atoms with Crippen molar-refractivity contribution in [3.63, 3.8) is 0 Å². The molecule has 2 heterocycles. The number of nitrogens with zero attached hydrogens (tertiary/aromatic N) is 3. The Morgan fingerprint density at radius 2 is 1.93 bits per heavy atom. The molecule has 0 radical (unpaired) electrons. The first-order chi connectivity index (χ1) is 13.2. The van der Waals surface area contributed by atoms with Gasteiger partial charge in [0.1, 0.15) is 5.69 Å². The fraction of sp³-hybridized carbons (Fsp3) is 0.190. The molecule has 0 fully saturated rings. The van der Waals surface area contributed by atoms with Gasteiger partial charge >= 0.3 is 0 Å². The van der Waals surface area contributed by atoms with Crippen molar-refractivity contribution >= 4 is 28.1 Å². The Morgan fingerprint density at radius 1 is 1.15 bits per heavy atom. The van der Waals surface area contributed by atoms with Gasteiger partial charge in [0, 0.05) is 25.2 Å². The fourth-order valence-corrected chi connectivity index (χ4v) is 3.82. The topological polar surface area (TPSA) is 59.8 Å². The number of fused-ring (bicyclic) bond motifs is 1. The number of hydrogen-bond acceptors (Lipinski definition) is 4. The monoisotopic (exact) mass is 376 g/mol. The van der Waals surface area contributed by atoms with E-state index >= 15 is 0 Å². The van der Waals surface area contributed by atoms with Gasteiger partial charge in [0.25, 0.3) is 5.91 Å². The van der Waals surface area contributed by atoms with Crippen molar-refractivity contribution < 1.29 is 4.79 Å². The maximum absolute atomic E-state index is 12.8. The molecule has 136 valence electrons. The largest absolute Gasteiger partial charge is 0.348 e. The summed E-state index contributed by atoms with van der Waals surface area (Å²) >= 11 is 1.54. The lowest BCUT2D eigenvalue weighted by atomic mass is 10.1. The van der Waals surface area contributed by atoms with Crippen molar-refractivity contribution in [1.82, 2.24) is 20.1 Å². The number of para-hydroxylation sites is 1.